The molecule has 0 bridgehead atoms. The Kier molecular flexibility index (Phi) is 5.19. The minimum atomic E-state index is -0.275. The summed E-state index contributed by atoms with van der Waals surface area (Å²) in [7, 11) is 0. The molecule has 0 saturated carbocycles. The molecule has 0 aliphatic heterocycles. The van der Waals surface area contributed by atoms with Gasteiger partial charge in [-0.05, 0) is 29.8 Å². The Morgan fingerprint density at radius 3 is 2.55 bits per heavy atom. The normalized spacial score (nSPS) is 11.1. The lowest BCUT2D eigenvalue weighted by Gasteiger charge is -2.11. The molecule has 0 aliphatic rings. The first-order valence-electron chi connectivity index (χ1n) is 6.44. The van der Waals surface area contributed by atoms with Crippen molar-refractivity contribution in [2.24, 2.45) is 0 Å². The second-order valence-electron chi connectivity index (χ2n) is 4.97. The number of hydrogen-bond acceptors (Lipinski definition) is 1. The quantitative estimate of drug-likeness (QED) is 0.772. The highest BCUT2D eigenvalue weighted by Crippen LogP contribution is 2.32. The van der Waals surface area contributed by atoms with E-state index in [1.807, 2.05) is 18.2 Å². The van der Waals surface area contributed by atoms with Gasteiger partial charge in [-0.1, -0.05) is 53.5 Å². The smallest absolute Gasteiger partial charge is 0.131 e. The predicted octanol–water partition coefficient (Wildman–Crippen LogP) is 5.41. The van der Waals surface area contributed by atoms with Crippen LogP contribution in [0.1, 0.15) is 19.4 Å². The Morgan fingerprint density at radius 2 is 1.90 bits per heavy atom. The molecule has 2 aromatic carbocycles. The van der Waals surface area contributed by atoms with Crippen LogP contribution < -0.4 is 5.32 Å². The summed E-state index contributed by atoms with van der Waals surface area (Å²) >= 11 is 9.65. The van der Waals surface area contributed by atoms with Crippen LogP contribution in [0.15, 0.2) is 40.9 Å². The molecule has 0 spiro atoms. The van der Waals surface area contributed by atoms with Crippen molar-refractivity contribution in [3.8, 4) is 11.1 Å². The first kappa shape index (κ1) is 15.5. The Morgan fingerprint density at radius 1 is 1.15 bits per heavy atom. The molecule has 0 atom stereocenters. The molecule has 2 rings (SSSR count). The summed E-state index contributed by atoms with van der Waals surface area (Å²) < 4.78 is 14.7. The fourth-order valence-electron chi connectivity index (χ4n) is 1.91. The lowest BCUT2D eigenvalue weighted by atomic mass is 10.0. The molecule has 20 heavy (non-hydrogen) atoms. The summed E-state index contributed by atoms with van der Waals surface area (Å²) in [5.41, 5.74) is 2.30. The predicted molar refractivity (Wildman–Crippen MR) is 86.5 cm³/mol. The summed E-state index contributed by atoms with van der Waals surface area (Å²) in [5, 5.41) is 3.89. The van der Waals surface area contributed by atoms with Crippen molar-refractivity contribution in [1.82, 2.24) is 5.32 Å². The SMILES string of the molecule is CC(C)NCc1ccc(-c2cc(Br)ccc2F)c(Cl)c1. The zero-order valence-electron chi connectivity index (χ0n) is 11.4. The van der Waals surface area contributed by atoms with E-state index < -0.39 is 0 Å². The van der Waals surface area contributed by atoms with Crippen LogP contribution in [0.3, 0.4) is 0 Å². The number of rotatable bonds is 4. The van der Waals surface area contributed by atoms with Crippen LogP contribution in [0.4, 0.5) is 4.39 Å². The average Bonchev–Trinajstić information content (AvgIpc) is 2.39. The van der Waals surface area contributed by atoms with Crippen LogP contribution in [0, 0.1) is 5.82 Å². The maximum absolute atomic E-state index is 13.9. The molecule has 4 heteroatoms. The summed E-state index contributed by atoms with van der Waals surface area (Å²) in [6.45, 7) is 4.93. The maximum atomic E-state index is 13.9. The fourth-order valence-corrected chi connectivity index (χ4v) is 2.58. The number of benzene rings is 2. The third-order valence-corrected chi connectivity index (χ3v) is 3.77. The Bertz CT molecular complexity index is 613. The highest BCUT2D eigenvalue weighted by Gasteiger charge is 2.10. The Labute approximate surface area is 132 Å². The van der Waals surface area contributed by atoms with E-state index in [4.69, 9.17) is 11.6 Å². The van der Waals surface area contributed by atoms with Gasteiger partial charge in [-0.25, -0.2) is 4.39 Å². The highest BCUT2D eigenvalue weighted by molar-refractivity contribution is 9.10. The highest BCUT2D eigenvalue weighted by atomic mass is 79.9. The molecule has 2 aromatic rings. The largest absolute Gasteiger partial charge is 0.310 e. The molecule has 0 amide bonds. The van der Waals surface area contributed by atoms with Crippen molar-refractivity contribution in [3.05, 3.63) is 57.3 Å². The van der Waals surface area contributed by atoms with Gasteiger partial charge in [0.2, 0.25) is 0 Å². The minimum Gasteiger partial charge on any atom is -0.310 e. The number of hydrogen-bond donors (Lipinski definition) is 1. The Hall–Kier alpha value is -0.900. The lowest BCUT2D eigenvalue weighted by Crippen LogP contribution is -2.21. The van der Waals surface area contributed by atoms with E-state index in [9.17, 15) is 4.39 Å². The van der Waals surface area contributed by atoms with E-state index in [0.29, 0.717) is 22.2 Å². The summed E-state index contributed by atoms with van der Waals surface area (Å²) in [5.74, 6) is -0.275. The lowest BCUT2D eigenvalue weighted by molar-refractivity contribution is 0.589. The van der Waals surface area contributed by atoms with Crippen LogP contribution in [-0.2, 0) is 6.54 Å². The van der Waals surface area contributed by atoms with E-state index in [0.717, 1.165) is 16.6 Å². The summed E-state index contributed by atoms with van der Waals surface area (Å²) in [6.07, 6.45) is 0. The zero-order valence-corrected chi connectivity index (χ0v) is 13.7. The topological polar surface area (TPSA) is 12.0 Å². The third-order valence-electron chi connectivity index (χ3n) is 2.97. The summed E-state index contributed by atoms with van der Waals surface area (Å²) in [6, 6.07) is 11.0. The van der Waals surface area contributed by atoms with E-state index >= 15 is 0 Å². The van der Waals surface area contributed by atoms with Gasteiger partial charge in [0, 0.05) is 33.2 Å². The van der Waals surface area contributed by atoms with Crippen molar-refractivity contribution >= 4 is 27.5 Å². The van der Waals surface area contributed by atoms with Crippen molar-refractivity contribution in [2.45, 2.75) is 26.4 Å². The minimum absolute atomic E-state index is 0.275. The zero-order chi connectivity index (χ0) is 14.7. The molecule has 0 saturated heterocycles. The van der Waals surface area contributed by atoms with Crippen molar-refractivity contribution < 1.29 is 4.39 Å². The molecule has 0 radical (unpaired) electrons. The molecule has 0 unspecified atom stereocenters. The van der Waals surface area contributed by atoms with E-state index in [-0.39, 0.29) is 5.82 Å². The molecule has 106 valence electrons. The van der Waals surface area contributed by atoms with Gasteiger partial charge in [0.05, 0.1) is 0 Å². The second-order valence-corrected chi connectivity index (χ2v) is 6.30. The first-order valence-corrected chi connectivity index (χ1v) is 7.61. The molecular formula is C16H16BrClFN. The molecule has 0 aliphatic carbocycles. The average molecular weight is 357 g/mol. The van der Waals surface area contributed by atoms with Gasteiger partial charge in [0.1, 0.15) is 5.82 Å². The number of nitrogens with one attached hydrogen (secondary N) is 1. The molecule has 1 nitrogen and oxygen atoms in total. The van der Waals surface area contributed by atoms with E-state index in [2.05, 4.69) is 35.1 Å². The van der Waals surface area contributed by atoms with E-state index in [1.54, 1.807) is 12.1 Å². The third kappa shape index (κ3) is 3.81. The molecule has 0 heterocycles. The molecule has 0 aromatic heterocycles. The van der Waals surface area contributed by atoms with Gasteiger partial charge >= 0.3 is 0 Å². The maximum Gasteiger partial charge on any atom is 0.131 e. The van der Waals surface area contributed by atoms with Crippen molar-refractivity contribution in [3.63, 3.8) is 0 Å². The van der Waals surface area contributed by atoms with Crippen LogP contribution in [0.5, 0.6) is 0 Å². The van der Waals surface area contributed by atoms with Gasteiger partial charge in [0.25, 0.3) is 0 Å². The van der Waals surface area contributed by atoms with Gasteiger partial charge in [-0.15, -0.1) is 0 Å². The molecular weight excluding hydrogens is 341 g/mol. The second kappa shape index (κ2) is 6.70. The van der Waals surface area contributed by atoms with Crippen molar-refractivity contribution in [2.75, 3.05) is 0 Å². The molecule has 0 fully saturated rings. The fraction of sp³-hybridized carbons (Fsp3) is 0.250. The monoisotopic (exact) mass is 355 g/mol. The van der Waals surface area contributed by atoms with Crippen LogP contribution in [0.25, 0.3) is 11.1 Å². The number of halogens is 3. The van der Waals surface area contributed by atoms with Gasteiger partial charge < -0.3 is 5.32 Å². The molecule has 1 N–H and O–H groups in total. The van der Waals surface area contributed by atoms with Crippen molar-refractivity contribution in [1.29, 1.82) is 0 Å². The van der Waals surface area contributed by atoms with Gasteiger partial charge in [-0.3, -0.25) is 0 Å². The van der Waals surface area contributed by atoms with Crippen LogP contribution in [0.2, 0.25) is 5.02 Å². The van der Waals surface area contributed by atoms with E-state index in [1.165, 1.54) is 6.07 Å². The standard InChI is InChI=1S/C16H16BrClFN/c1-10(2)20-9-11-3-5-13(15(18)7-11)14-8-12(17)4-6-16(14)19/h3-8,10,20H,9H2,1-2H3. The first-order chi connectivity index (χ1) is 9.47. The van der Waals surface area contributed by atoms with Gasteiger partial charge in [0.15, 0.2) is 0 Å². The van der Waals surface area contributed by atoms with Crippen LogP contribution >= 0.6 is 27.5 Å². The van der Waals surface area contributed by atoms with Crippen LogP contribution in [-0.4, -0.2) is 6.04 Å². The van der Waals surface area contributed by atoms with Gasteiger partial charge in [-0.2, -0.15) is 0 Å². The Balaban J connectivity index is 2.32. The summed E-state index contributed by atoms with van der Waals surface area (Å²) in [4.78, 5) is 0.